The lowest BCUT2D eigenvalue weighted by Gasteiger charge is -2.23. The number of carboxylic acids is 1. The van der Waals surface area contributed by atoms with Gasteiger partial charge in [0.05, 0.1) is 17.9 Å². The van der Waals surface area contributed by atoms with E-state index in [0.29, 0.717) is 25.2 Å². The predicted molar refractivity (Wildman–Crippen MR) is 146 cm³/mol. The number of hydrogen-bond acceptors (Lipinski definition) is 6. The minimum absolute atomic E-state index is 0.0710. The third-order valence-electron chi connectivity index (χ3n) is 5.96. The molecule has 0 fully saturated rings. The fraction of sp³-hybridized carbons (Fsp3) is 0.393. The molecule has 0 bridgehead atoms. The van der Waals surface area contributed by atoms with E-state index in [4.69, 9.17) is 16.6 Å². The number of nitrogens with one attached hydrogen (secondary N) is 2. The highest BCUT2D eigenvalue weighted by molar-refractivity contribution is 5.93. The molecule has 10 heteroatoms. The largest absolute Gasteiger partial charge is 0.481 e. The molecular formula is C28H37N5O5. The molecular weight excluding hydrogens is 486 g/mol. The molecule has 2 aromatic rings. The van der Waals surface area contributed by atoms with Crippen LogP contribution in [0.25, 0.3) is 11.1 Å². The summed E-state index contributed by atoms with van der Waals surface area (Å²) in [6.07, 6.45) is 0.709. The number of benzene rings is 2. The van der Waals surface area contributed by atoms with Crippen molar-refractivity contribution in [1.29, 1.82) is 0 Å². The molecule has 10 nitrogen and oxygen atoms in total. The Morgan fingerprint density at radius 1 is 0.868 bits per heavy atom. The molecule has 0 aliphatic carbocycles. The second kappa shape index (κ2) is 15.3. The zero-order valence-corrected chi connectivity index (χ0v) is 21.9. The number of nitrogens with zero attached hydrogens (tertiary/aromatic N) is 1. The maximum Gasteiger partial charge on any atom is 0.303 e. The number of rotatable bonds is 15. The summed E-state index contributed by atoms with van der Waals surface area (Å²) in [5.41, 5.74) is 14.2. The Balaban J connectivity index is 2.17. The van der Waals surface area contributed by atoms with E-state index < -0.39 is 35.9 Å². The molecule has 7 N–H and O–H groups in total. The van der Waals surface area contributed by atoms with Gasteiger partial charge >= 0.3 is 5.97 Å². The zero-order valence-electron chi connectivity index (χ0n) is 21.9. The highest BCUT2D eigenvalue weighted by Gasteiger charge is 2.27. The number of aliphatic imine (C=N–C) groups is 1. The molecule has 38 heavy (non-hydrogen) atoms. The average Bonchev–Trinajstić information content (AvgIpc) is 2.89. The van der Waals surface area contributed by atoms with Gasteiger partial charge in [0.2, 0.25) is 11.8 Å². The van der Waals surface area contributed by atoms with Crippen molar-refractivity contribution in [2.45, 2.75) is 64.1 Å². The predicted octanol–water partition coefficient (Wildman–Crippen LogP) is 1.80. The van der Waals surface area contributed by atoms with Crippen LogP contribution in [0.2, 0.25) is 0 Å². The number of carbonyl (C=O) groups is 4. The van der Waals surface area contributed by atoms with Crippen LogP contribution in [0.5, 0.6) is 0 Å². The van der Waals surface area contributed by atoms with Crippen molar-refractivity contribution in [2.75, 3.05) is 6.54 Å². The molecule has 2 aromatic carbocycles. The fourth-order valence-corrected chi connectivity index (χ4v) is 3.80. The first-order chi connectivity index (χ1) is 18.1. The molecule has 0 aliphatic heterocycles. The van der Waals surface area contributed by atoms with Crippen molar-refractivity contribution in [2.24, 2.45) is 16.5 Å². The molecule has 3 atom stereocenters. The van der Waals surface area contributed by atoms with Crippen molar-refractivity contribution >= 4 is 29.4 Å². The number of hydrogen-bond donors (Lipinski definition) is 5. The van der Waals surface area contributed by atoms with Gasteiger partial charge in [0.1, 0.15) is 6.04 Å². The first kappa shape index (κ1) is 30.2. The van der Waals surface area contributed by atoms with Gasteiger partial charge in [-0.05, 0) is 49.8 Å². The van der Waals surface area contributed by atoms with Gasteiger partial charge in [-0.15, -0.1) is 0 Å². The number of amides is 2. The van der Waals surface area contributed by atoms with E-state index in [0.717, 1.165) is 16.7 Å². The number of ketones is 1. The van der Waals surface area contributed by atoms with Crippen LogP contribution in [0.4, 0.5) is 0 Å². The number of amidine groups is 1. The summed E-state index contributed by atoms with van der Waals surface area (Å²) in [6, 6.07) is 14.5. The van der Waals surface area contributed by atoms with Crippen molar-refractivity contribution in [3.8, 4) is 11.1 Å². The molecule has 0 aliphatic rings. The van der Waals surface area contributed by atoms with Gasteiger partial charge in [-0.3, -0.25) is 24.2 Å². The summed E-state index contributed by atoms with van der Waals surface area (Å²) in [4.78, 5) is 53.1. The Bertz CT molecular complexity index is 1110. The van der Waals surface area contributed by atoms with Crippen LogP contribution < -0.4 is 22.1 Å². The topological polar surface area (TPSA) is 177 Å². The van der Waals surface area contributed by atoms with Gasteiger partial charge < -0.3 is 27.2 Å². The van der Waals surface area contributed by atoms with E-state index in [1.165, 1.54) is 6.92 Å². The van der Waals surface area contributed by atoms with Crippen molar-refractivity contribution in [3.05, 3.63) is 60.2 Å². The second-order valence-electron chi connectivity index (χ2n) is 9.20. The standard InChI is InChI=1S/C28H37N5O5/c1-18(34)24(9-6-16-31-19(2)29)32-28(38)25(33-27(37)23(30)14-15-26(35)36)17-20-10-12-22(13-11-20)21-7-4-3-5-8-21/h3-5,7-8,10-13,23-25H,6,9,14-17,30H2,1-2H3,(H2,29,31)(H,32,38)(H,33,37)(H,35,36). The lowest BCUT2D eigenvalue weighted by atomic mass is 9.99. The van der Waals surface area contributed by atoms with Gasteiger partial charge in [0.15, 0.2) is 5.78 Å². The van der Waals surface area contributed by atoms with E-state index in [1.807, 2.05) is 54.6 Å². The maximum atomic E-state index is 13.3. The van der Waals surface area contributed by atoms with E-state index in [9.17, 15) is 19.2 Å². The number of carbonyl (C=O) groups excluding carboxylic acids is 3. The summed E-state index contributed by atoms with van der Waals surface area (Å²) < 4.78 is 0. The highest BCUT2D eigenvalue weighted by atomic mass is 16.4. The Morgan fingerprint density at radius 2 is 1.47 bits per heavy atom. The van der Waals surface area contributed by atoms with Gasteiger partial charge in [-0.1, -0.05) is 54.6 Å². The normalized spacial score (nSPS) is 13.7. The lowest BCUT2D eigenvalue weighted by Crippen LogP contribution is -2.55. The summed E-state index contributed by atoms with van der Waals surface area (Å²) in [6.45, 7) is 3.49. The van der Waals surface area contributed by atoms with Crippen LogP contribution in [0.3, 0.4) is 0 Å². The highest BCUT2D eigenvalue weighted by Crippen LogP contribution is 2.20. The van der Waals surface area contributed by atoms with Crippen LogP contribution in [-0.2, 0) is 25.6 Å². The molecule has 0 saturated carbocycles. The number of nitrogens with two attached hydrogens (primary N) is 2. The molecule has 0 saturated heterocycles. The van der Waals surface area contributed by atoms with Crippen LogP contribution in [-0.4, -0.2) is 59.2 Å². The Hall–Kier alpha value is -4.05. The summed E-state index contributed by atoms with van der Waals surface area (Å²) in [7, 11) is 0. The van der Waals surface area contributed by atoms with Gasteiger partial charge in [0, 0.05) is 19.4 Å². The summed E-state index contributed by atoms with van der Waals surface area (Å²) in [5.74, 6) is -2.02. The van der Waals surface area contributed by atoms with E-state index >= 15 is 0 Å². The van der Waals surface area contributed by atoms with E-state index in [2.05, 4.69) is 15.6 Å². The van der Waals surface area contributed by atoms with Gasteiger partial charge in [-0.25, -0.2) is 0 Å². The smallest absolute Gasteiger partial charge is 0.303 e. The summed E-state index contributed by atoms with van der Waals surface area (Å²) in [5, 5.41) is 14.3. The SMILES string of the molecule is CC(=O)C(CCCN=C(C)N)NC(=O)C(Cc1ccc(-c2ccccc2)cc1)NC(=O)C(N)CCC(=O)O. The molecule has 0 spiro atoms. The first-order valence-electron chi connectivity index (χ1n) is 12.6. The molecule has 2 rings (SSSR count). The van der Waals surface area contributed by atoms with E-state index in [-0.39, 0.29) is 25.0 Å². The number of carboxylic acid groups (broad SMARTS) is 1. The Kier molecular flexibility index (Phi) is 12.1. The third kappa shape index (κ3) is 10.5. The molecule has 2 amide bonds. The maximum absolute atomic E-state index is 13.3. The molecule has 3 unspecified atom stereocenters. The average molecular weight is 524 g/mol. The van der Waals surface area contributed by atoms with Crippen LogP contribution in [0.1, 0.15) is 45.1 Å². The monoisotopic (exact) mass is 523 g/mol. The third-order valence-corrected chi connectivity index (χ3v) is 5.96. The summed E-state index contributed by atoms with van der Waals surface area (Å²) >= 11 is 0. The number of Topliss-reactive ketones (excluding diaryl/α,β-unsaturated/α-hetero) is 1. The van der Waals surface area contributed by atoms with Gasteiger partial charge in [0.25, 0.3) is 0 Å². The molecule has 0 radical (unpaired) electrons. The zero-order chi connectivity index (χ0) is 28.1. The Morgan fingerprint density at radius 3 is 2.05 bits per heavy atom. The molecule has 204 valence electrons. The van der Waals surface area contributed by atoms with E-state index in [1.54, 1.807) is 6.92 Å². The molecule has 0 heterocycles. The van der Waals surface area contributed by atoms with Crippen LogP contribution in [0, 0.1) is 0 Å². The Labute approximate surface area is 222 Å². The number of aliphatic carboxylic acids is 1. The molecule has 0 aromatic heterocycles. The lowest BCUT2D eigenvalue weighted by molar-refractivity contribution is -0.137. The minimum Gasteiger partial charge on any atom is -0.481 e. The van der Waals surface area contributed by atoms with Crippen molar-refractivity contribution in [1.82, 2.24) is 10.6 Å². The first-order valence-corrected chi connectivity index (χ1v) is 12.6. The van der Waals surface area contributed by atoms with Crippen LogP contribution in [0.15, 0.2) is 59.6 Å². The quantitative estimate of drug-likeness (QED) is 0.134. The van der Waals surface area contributed by atoms with Crippen LogP contribution >= 0.6 is 0 Å². The fourth-order valence-electron chi connectivity index (χ4n) is 3.80. The minimum atomic E-state index is -1.09. The van der Waals surface area contributed by atoms with Crippen molar-refractivity contribution < 1.29 is 24.3 Å². The van der Waals surface area contributed by atoms with Crippen molar-refractivity contribution in [3.63, 3.8) is 0 Å². The second-order valence-corrected chi connectivity index (χ2v) is 9.20. The van der Waals surface area contributed by atoms with Gasteiger partial charge in [-0.2, -0.15) is 0 Å².